The third-order valence-electron chi connectivity index (χ3n) is 5.73. The Morgan fingerprint density at radius 1 is 1.06 bits per heavy atom. The van der Waals surface area contributed by atoms with Crippen molar-refractivity contribution in [3.8, 4) is 5.75 Å². The van der Waals surface area contributed by atoms with Gasteiger partial charge in [0.25, 0.3) is 10.0 Å². The number of carbonyl (C=O) groups is 2. The summed E-state index contributed by atoms with van der Waals surface area (Å²) in [7, 11) is -0.298. The molecule has 1 heterocycles. The number of hydrogen-bond acceptors (Lipinski definition) is 7. The first-order chi connectivity index (χ1) is 15.2. The van der Waals surface area contributed by atoms with Crippen molar-refractivity contribution in [2.24, 2.45) is 5.92 Å². The molecule has 3 rings (SSSR count). The zero-order valence-corrected chi connectivity index (χ0v) is 19.1. The van der Waals surface area contributed by atoms with Crippen molar-refractivity contribution in [2.45, 2.75) is 17.2 Å². The van der Waals surface area contributed by atoms with Gasteiger partial charge >= 0.3 is 11.9 Å². The largest absolute Gasteiger partial charge is 0.497 e. The third-order valence-corrected chi connectivity index (χ3v) is 7.52. The molecule has 0 bridgehead atoms. The van der Waals surface area contributed by atoms with Crippen LogP contribution in [-0.4, -0.2) is 48.2 Å². The minimum absolute atomic E-state index is 0.0725. The van der Waals surface area contributed by atoms with E-state index in [1.54, 1.807) is 18.2 Å². The molecular weight excluding hydrogens is 434 g/mol. The van der Waals surface area contributed by atoms with Gasteiger partial charge in [-0.1, -0.05) is 29.8 Å². The molecule has 0 amide bonds. The van der Waals surface area contributed by atoms with Crippen LogP contribution in [0.2, 0.25) is 0 Å². The number of nitrogens with zero attached hydrogens (tertiary/aromatic N) is 1. The van der Waals surface area contributed by atoms with E-state index in [0.29, 0.717) is 5.75 Å². The van der Waals surface area contributed by atoms with Crippen LogP contribution in [0.4, 0.5) is 5.69 Å². The molecule has 1 atom stereocenters. The lowest BCUT2D eigenvalue weighted by Crippen LogP contribution is -2.58. The van der Waals surface area contributed by atoms with Crippen LogP contribution in [-0.2, 0) is 34.5 Å². The summed E-state index contributed by atoms with van der Waals surface area (Å²) in [5.74, 6) is -2.34. The minimum Gasteiger partial charge on any atom is -0.497 e. The van der Waals surface area contributed by atoms with Crippen molar-refractivity contribution in [1.29, 1.82) is 0 Å². The molecule has 1 aliphatic rings. The van der Waals surface area contributed by atoms with Crippen LogP contribution in [0.3, 0.4) is 0 Å². The summed E-state index contributed by atoms with van der Waals surface area (Å²) in [4.78, 5) is 26.2. The first kappa shape index (κ1) is 23.3. The Morgan fingerprint density at radius 3 is 2.16 bits per heavy atom. The summed E-state index contributed by atoms with van der Waals surface area (Å²) in [6, 6.07) is 10.9. The average molecular weight is 460 g/mol. The maximum Gasteiger partial charge on any atom is 0.328 e. The summed E-state index contributed by atoms with van der Waals surface area (Å²) in [5, 5.41) is 0. The Kier molecular flexibility index (Phi) is 6.32. The van der Waals surface area contributed by atoms with Crippen LogP contribution < -0.4 is 9.04 Å². The zero-order valence-electron chi connectivity index (χ0n) is 18.3. The van der Waals surface area contributed by atoms with Crippen LogP contribution in [0.15, 0.2) is 60.0 Å². The van der Waals surface area contributed by atoms with E-state index in [1.165, 1.54) is 37.5 Å². The number of aryl methyl sites for hydroxylation is 1. The van der Waals surface area contributed by atoms with Gasteiger partial charge in [-0.05, 0) is 25.1 Å². The fourth-order valence-electron chi connectivity index (χ4n) is 4.04. The van der Waals surface area contributed by atoms with Crippen LogP contribution >= 0.6 is 0 Å². The Balaban J connectivity index is 2.36. The van der Waals surface area contributed by atoms with Crippen LogP contribution in [0, 0.1) is 12.8 Å². The summed E-state index contributed by atoms with van der Waals surface area (Å²) in [5.41, 5.74) is -0.765. The number of ether oxygens (including phenoxy) is 3. The molecule has 0 fully saturated rings. The van der Waals surface area contributed by atoms with Gasteiger partial charge in [-0.3, -0.25) is 13.9 Å². The summed E-state index contributed by atoms with van der Waals surface area (Å²) >= 11 is 0. The molecule has 1 aliphatic heterocycles. The van der Waals surface area contributed by atoms with E-state index in [9.17, 15) is 18.0 Å². The monoisotopic (exact) mass is 459 g/mol. The van der Waals surface area contributed by atoms with E-state index in [1.807, 2.05) is 6.92 Å². The maximum atomic E-state index is 13.6. The molecule has 0 aliphatic carbocycles. The van der Waals surface area contributed by atoms with E-state index in [0.717, 1.165) is 24.1 Å². The van der Waals surface area contributed by atoms with Gasteiger partial charge in [-0.2, -0.15) is 0 Å². The van der Waals surface area contributed by atoms with Gasteiger partial charge in [-0.15, -0.1) is 6.58 Å². The van der Waals surface area contributed by atoms with Crippen molar-refractivity contribution >= 4 is 27.6 Å². The van der Waals surface area contributed by atoms with Crippen molar-refractivity contribution in [2.75, 3.05) is 32.2 Å². The van der Waals surface area contributed by atoms with E-state index in [2.05, 4.69) is 6.58 Å². The first-order valence-corrected chi connectivity index (χ1v) is 11.2. The Labute approximate surface area is 187 Å². The summed E-state index contributed by atoms with van der Waals surface area (Å²) in [6.45, 7) is 5.38. The van der Waals surface area contributed by atoms with Crippen LogP contribution in [0.1, 0.15) is 11.1 Å². The standard InChI is InChI=1S/C23H25NO7S/c1-6-16-14-24(32(27,28)18-10-7-15(2)8-11-18)20-13-17(29-3)9-12-19(20)23(16,21(25)30-4)22(26)31-5/h6-13,16H,1,14H2,2-5H3. The number of sulfonamides is 1. The number of carbonyl (C=O) groups excluding carboxylic acids is 2. The lowest BCUT2D eigenvalue weighted by atomic mass is 9.67. The van der Waals surface area contributed by atoms with Gasteiger partial charge < -0.3 is 14.2 Å². The first-order valence-electron chi connectivity index (χ1n) is 9.75. The highest BCUT2D eigenvalue weighted by Crippen LogP contribution is 2.48. The average Bonchev–Trinajstić information content (AvgIpc) is 2.81. The molecule has 2 aromatic rings. The zero-order chi connectivity index (χ0) is 23.7. The molecule has 0 aromatic heterocycles. The van der Waals surface area contributed by atoms with Gasteiger partial charge in [0, 0.05) is 24.1 Å². The fraction of sp³-hybridized carbons (Fsp3) is 0.304. The summed E-state index contributed by atoms with van der Waals surface area (Å²) in [6.07, 6.45) is 1.37. The maximum absolute atomic E-state index is 13.6. The number of anilines is 1. The van der Waals surface area contributed by atoms with E-state index < -0.39 is 33.3 Å². The van der Waals surface area contributed by atoms with Crippen LogP contribution in [0.25, 0.3) is 0 Å². The third kappa shape index (κ3) is 3.42. The van der Waals surface area contributed by atoms with Crippen molar-refractivity contribution < 1.29 is 32.2 Å². The van der Waals surface area contributed by atoms with Crippen LogP contribution in [0.5, 0.6) is 5.75 Å². The Hall–Kier alpha value is -3.33. The number of methoxy groups -OCH3 is 3. The Bertz CT molecular complexity index is 1140. The SMILES string of the molecule is C=CC1CN(S(=O)(=O)c2ccc(C)cc2)c2cc(OC)ccc2C1(C(=O)OC)C(=O)OC. The molecule has 8 nitrogen and oxygen atoms in total. The minimum atomic E-state index is -4.05. The summed E-state index contributed by atoms with van der Waals surface area (Å²) < 4.78 is 43.7. The number of hydrogen-bond donors (Lipinski definition) is 0. The molecule has 170 valence electrons. The second-order valence-electron chi connectivity index (χ2n) is 7.37. The molecule has 0 spiro atoms. The van der Waals surface area contributed by atoms with Gasteiger partial charge in [0.05, 0.1) is 31.9 Å². The highest BCUT2D eigenvalue weighted by atomic mass is 32.2. The lowest BCUT2D eigenvalue weighted by molar-refractivity contribution is -0.164. The highest BCUT2D eigenvalue weighted by molar-refractivity contribution is 7.92. The van der Waals surface area contributed by atoms with Crippen molar-refractivity contribution in [3.63, 3.8) is 0 Å². The molecule has 32 heavy (non-hydrogen) atoms. The molecule has 0 radical (unpaired) electrons. The predicted molar refractivity (Wildman–Crippen MR) is 118 cm³/mol. The van der Waals surface area contributed by atoms with Crippen molar-refractivity contribution in [1.82, 2.24) is 0 Å². The van der Waals surface area contributed by atoms with Gasteiger partial charge in [0.1, 0.15) is 5.75 Å². The molecule has 0 N–H and O–H groups in total. The second-order valence-corrected chi connectivity index (χ2v) is 9.23. The lowest BCUT2D eigenvalue weighted by Gasteiger charge is -2.44. The number of rotatable bonds is 6. The van der Waals surface area contributed by atoms with E-state index >= 15 is 0 Å². The molecule has 0 saturated carbocycles. The second kappa shape index (κ2) is 8.66. The Morgan fingerprint density at radius 2 is 1.66 bits per heavy atom. The van der Waals surface area contributed by atoms with Gasteiger partial charge in [0.2, 0.25) is 0 Å². The highest BCUT2D eigenvalue weighted by Gasteiger charge is 2.60. The smallest absolute Gasteiger partial charge is 0.328 e. The number of esters is 2. The molecule has 1 unspecified atom stereocenters. The number of fused-ring (bicyclic) bond motifs is 1. The molecule has 9 heteroatoms. The van der Waals surface area contributed by atoms with E-state index in [4.69, 9.17) is 14.2 Å². The van der Waals surface area contributed by atoms with Gasteiger partial charge in [-0.25, -0.2) is 8.42 Å². The molecule has 0 saturated heterocycles. The fourth-order valence-corrected chi connectivity index (χ4v) is 5.54. The van der Waals surface area contributed by atoms with Gasteiger partial charge in [0.15, 0.2) is 5.41 Å². The van der Waals surface area contributed by atoms with E-state index in [-0.39, 0.29) is 22.7 Å². The molecule has 2 aromatic carbocycles. The van der Waals surface area contributed by atoms with Crippen molar-refractivity contribution in [3.05, 3.63) is 66.2 Å². The quantitative estimate of drug-likeness (QED) is 0.372. The normalized spacial score (nSPS) is 17.1. The number of benzene rings is 2. The topological polar surface area (TPSA) is 99.2 Å². The predicted octanol–water partition coefficient (Wildman–Crippen LogP) is 2.60. The molecular formula is C23H25NO7S.